The molecule has 10 aromatic carbocycles. The number of rotatable bonds is 12. The van der Waals surface area contributed by atoms with Gasteiger partial charge in [-0.05, 0) is 182 Å². The average molecular weight is 1240 g/mol. The third-order valence-corrected chi connectivity index (χ3v) is 19.5. The van der Waals surface area contributed by atoms with Crippen molar-refractivity contribution in [2.24, 2.45) is 0 Å². The largest absolute Gasteiger partial charge is 0.534 e. The van der Waals surface area contributed by atoms with Crippen LogP contribution in [0.4, 0.5) is 26.3 Å². The van der Waals surface area contributed by atoms with E-state index in [2.05, 4.69) is 131 Å². The van der Waals surface area contributed by atoms with Gasteiger partial charge in [0.05, 0.1) is 6.26 Å². The van der Waals surface area contributed by atoms with Crippen molar-refractivity contribution in [1.82, 2.24) is 0 Å². The van der Waals surface area contributed by atoms with E-state index in [0.717, 1.165) is 63.8 Å². The molecule has 2 aliphatic rings. The topological polar surface area (TPSA) is 161 Å². The summed E-state index contributed by atoms with van der Waals surface area (Å²) in [5.41, 5.74) is 5.39. The monoisotopic (exact) mass is 1240 g/mol. The number of phenols is 2. The number of halogens is 6. The van der Waals surface area contributed by atoms with Crippen LogP contribution in [-0.2, 0) is 70.5 Å². The van der Waals surface area contributed by atoms with E-state index in [1.807, 2.05) is 55.5 Å². The Kier molecular flexibility index (Phi) is 16.5. The lowest BCUT2D eigenvalue weighted by molar-refractivity contribution is -0.0503. The first-order valence-electron chi connectivity index (χ1n) is 27.3. The number of aryl methyl sites for hydroxylation is 5. The quantitative estimate of drug-likeness (QED) is 0.0521. The molecule has 0 bridgehead atoms. The SMILES string of the molecule is CC(c1ccc(O)cc1)(c1ccc(O)cc1)c1ccc(-c2cc3c(c4ccccc24)CC3)cc1.CS(=O)(=O)OS(=O)(=O)C(F)(F)F.Cc1ccc(C(C)(c2ccc(OS(=O)(=O)C(F)(F)F)cc2)c2ccc(-c3cc4c(c5ccccc35)CC4)cc2)cc1. The van der Waals surface area contributed by atoms with Crippen LogP contribution >= 0.6 is 0 Å². The molecule has 0 aromatic heterocycles. The van der Waals surface area contributed by atoms with Gasteiger partial charge in [-0.15, -0.1) is 3.63 Å². The van der Waals surface area contributed by atoms with Crippen molar-refractivity contribution >= 4 is 51.9 Å². The predicted molar refractivity (Wildman–Crippen MR) is 325 cm³/mol. The second-order valence-corrected chi connectivity index (χ2v) is 26.6. The van der Waals surface area contributed by atoms with Crippen LogP contribution in [0, 0.1) is 6.92 Å². The molecule has 0 aliphatic heterocycles. The molecule has 10 nitrogen and oxygen atoms in total. The molecule has 2 N–H and O–H groups in total. The summed E-state index contributed by atoms with van der Waals surface area (Å²) in [5, 5.41) is 24.9. The van der Waals surface area contributed by atoms with Gasteiger partial charge in [-0.3, -0.25) is 0 Å². The van der Waals surface area contributed by atoms with E-state index in [1.165, 1.54) is 79.0 Å². The normalized spacial score (nSPS) is 14.0. The summed E-state index contributed by atoms with van der Waals surface area (Å²) in [7, 11) is -16.5. The van der Waals surface area contributed by atoms with E-state index in [0.29, 0.717) is 0 Å². The molecule has 19 heteroatoms. The Morgan fingerprint density at radius 2 is 0.713 bits per heavy atom. The van der Waals surface area contributed by atoms with Gasteiger partial charge < -0.3 is 14.4 Å². The lowest BCUT2D eigenvalue weighted by Gasteiger charge is -2.32. The molecule has 448 valence electrons. The Bertz CT molecular complexity index is 4510. The van der Waals surface area contributed by atoms with E-state index >= 15 is 0 Å². The van der Waals surface area contributed by atoms with Crippen LogP contribution in [-0.4, -0.2) is 52.7 Å². The number of phenolic OH excluding ortho intramolecular Hbond substituents is 2. The molecular formula is C68H56F6O10S3. The number of hydrogen-bond donors (Lipinski definition) is 2. The van der Waals surface area contributed by atoms with Gasteiger partial charge in [0, 0.05) is 10.8 Å². The van der Waals surface area contributed by atoms with Crippen molar-refractivity contribution in [2.75, 3.05) is 6.26 Å². The smallest absolute Gasteiger partial charge is 0.508 e. The fraction of sp³-hybridized carbons (Fsp3) is 0.176. The van der Waals surface area contributed by atoms with Crippen molar-refractivity contribution in [1.29, 1.82) is 0 Å². The van der Waals surface area contributed by atoms with Gasteiger partial charge in [-0.25, -0.2) is 0 Å². The minimum Gasteiger partial charge on any atom is -0.508 e. The van der Waals surface area contributed by atoms with Crippen LogP contribution in [0.5, 0.6) is 17.2 Å². The molecule has 12 rings (SSSR count). The summed E-state index contributed by atoms with van der Waals surface area (Å²) in [6, 6.07) is 67.8. The van der Waals surface area contributed by atoms with E-state index in [-0.39, 0.29) is 17.8 Å². The summed E-state index contributed by atoms with van der Waals surface area (Å²) in [4.78, 5) is 0. The molecule has 1 atom stereocenters. The first-order valence-corrected chi connectivity index (χ1v) is 31.9. The Morgan fingerprint density at radius 1 is 0.402 bits per heavy atom. The maximum absolute atomic E-state index is 12.8. The van der Waals surface area contributed by atoms with Gasteiger partial charge in [-0.1, -0.05) is 175 Å². The second kappa shape index (κ2) is 23.3. The molecule has 10 aromatic rings. The fourth-order valence-corrected chi connectivity index (χ4v) is 13.4. The highest BCUT2D eigenvalue weighted by atomic mass is 32.3. The fourth-order valence-electron chi connectivity index (χ4n) is 11.3. The minimum absolute atomic E-state index is 0.191. The van der Waals surface area contributed by atoms with E-state index in [4.69, 9.17) is 0 Å². The molecule has 0 saturated carbocycles. The van der Waals surface area contributed by atoms with E-state index in [1.54, 1.807) is 36.4 Å². The highest BCUT2D eigenvalue weighted by Gasteiger charge is 2.50. The number of alkyl halides is 6. The van der Waals surface area contributed by atoms with Crippen LogP contribution < -0.4 is 4.18 Å². The summed E-state index contributed by atoms with van der Waals surface area (Å²) in [6.45, 7) is 6.25. The molecule has 1 unspecified atom stereocenters. The first-order chi connectivity index (χ1) is 41.0. The molecule has 0 spiro atoms. The van der Waals surface area contributed by atoms with Gasteiger partial charge in [0.15, 0.2) is 0 Å². The Balaban J connectivity index is 0.000000164. The van der Waals surface area contributed by atoms with Crippen LogP contribution in [0.1, 0.15) is 75.0 Å². The van der Waals surface area contributed by atoms with Crippen LogP contribution in [0.15, 0.2) is 206 Å². The molecule has 87 heavy (non-hydrogen) atoms. The second-order valence-electron chi connectivity index (χ2n) is 21.8. The van der Waals surface area contributed by atoms with Crippen molar-refractivity contribution in [3.05, 3.63) is 267 Å². The average Bonchev–Trinajstić information content (AvgIpc) is 1.01. The van der Waals surface area contributed by atoms with Gasteiger partial charge >= 0.3 is 31.3 Å². The molecule has 0 fully saturated rings. The minimum atomic E-state index is -6.04. The van der Waals surface area contributed by atoms with E-state index in [9.17, 15) is 61.8 Å². The van der Waals surface area contributed by atoms with Crippen LogP contribution in [0.25, 0.3) is 43.8 Å². The van der Waals surface area contributed by atoms with Crippen molar-refractivity contribution in [3.8, 4) is 39.5 Å². The van der Waals surface area contributed by atoms with Crippen molar-refractivity contribution in [2.45, 2.75) is 68.3 Å². The number of benzene rings is 10. The van der Waals surface area contributed by atoms with Gasteiger partial charge in [-0.2, -0.15) is 51.6 Å². The summed E-state index contributed by atoms with van der Waals surface area (Å²) in [5.74, 6) is 0.0969. The number of hydrogen-bond acceptors (Lipinski definition) is 10. The molecule has 0 radical (unpaired) electrons. The first kappa shape index (κ1) is 61.6. The molecular weight excluding hydrogens is 1190 g/mol. The number of fused-ring (bicyclic) bond motifs is 6. The summed E-state index contributed by atoms with van der Waals surface area (Å²) in [6.07, 6.45) is 4.71. The zero-order valence-corrected chi connectivity index (χ0v) is 49.6. The number of aromatic hydroxyl groups is 2. The third-order valence-electron chi connectivity index (χ3n) is 16.3. The standard InChI is InChI=1S/C34H27F3O3S.C32H26O2.C2H3F3O5S2/c1-22-7-12-25(13-8-22)33(2,27-16-18-28(19-17-27)40-41(38,39)34(35,36)37)26-14-9-23(10-15-26)32-21-24-11-20-29(24)30-5-3-4-6-31(30)32;1-32(24-11-15-26(33)16-12-24,25-13-17-27(34)18-14-25)23-9-6-21(7-10-23)31-20-22-8-19-28(22)29-4-2-3-5-30(29)31;1-11(6,7)10-12(8,9)2(3,4)5/h3-10,12-19,21H,11,20H2,1-2H3;2-7,9-18,20,33-34H,8,19H2,1H3;1H3. The van der Waals surface area contributed by atoms with Crippen LogP contribution in [0.2, 0.25) is 0 Å². The predicted octanol–water partition coefficient (Wildman–Crippen LogP) is 15.7. The lowest BCUT2D eigenvalue weighted by Crippen LogP contribution is -2.28. The highest BCUT2D eigenvalue weighted by molar-refractivity contribution is 7.99. The van der Waals surface area contributed by atoms with Crippen molar-refractivity contribution < 1.29 is 69.6 Å². The van der Waals surface area contributed by atoms with Gasteiger partial charge in [0.1, 0.15) is 17.2 Å². The highest BCUT2D eigenvalue weighted by Crippen LogP contribution is 2.45. The molecule has 0 saturated heterocycles. The van der Waals surface area contributed by atoms with Crippen LogP contribution in [0.3, 0.4) is 0 Å². The van der Waals surface area contributed by atoms with E-state index < -0.39 is 58.0 Å². The lowest BCUT2D eigenvalue weighted by atomic mass is 9.70. The zero-order valence-electron chi connectivity index (χ0n) is 47.1. The molecule has 0 heterocycles. The Morgan fingerprint density at radius 3 is 1.01 bits per heavy atom. The summed E-state index contributed by atoms with van der Waals surface area (Å²) >= 11 is 0. The Labute approximate surface area is 500 Å². The van der Waals surface area contributed by atoms with Crippen molar-refractivity contribution in [3.63, 3.8) is 0 Å². The Hall–Kier alpha value is -8.49. The zero-order chi connectivity index (χ0) is 62.5. The third kappa shape index (κ3) is 12.4. The van der Waals surface area contributed by atoms with Gasteiger partial charge in [0.2, 0.25) is 0 Å². The summed E-state index contributed by atoms with van der Waals surface area (Å²) < 4.78 is 143. The molecule has 0 amide bonds. The maximum atomic E-state index is 12.8. The maximum Gasteiger partial charge on any atom is 0.534 e. The van der Waals surface area contributed by atoms with Gasteiger partial charge in [0.25, 0.3) is 10.1 Å². The molecule has 2 aliphatic carbocycles.